The smallest absolute Gasteiger partial charge is 0.274 e. The largest absolute Gasteiger partial charge is 0.447 e. The molecule has 0 spiro atoms. The molecule has 7 heteroatoms. The predicted octanol–water partition coefficient (Wildman–Crippen LogP) is 2.63. The van der Waals surface area contributed by atoms with Crippen molar-refractivity contribution in [2.24, 2.45) is 0 Å². The zero-order valence-electron chi connectivity index (χ0n) is 11.7. The third-order valence-corrected chi connectivity index (χ3v) is 5.81. The molecule has 1 saturated carbocycles. The zero-order valence-corrected chi connectivity index (χ0v) is 13.3. The first-order valence-electron chi connectivity index (χ1n) is 6.92. The molecule has 1 fully saturated rings. The molecule has 21 heavy (non-hydrogen) atoms. The number of hydrogen-bond acceptors (Lipinski definition) is 5. The molecule has 114 valence electrons. The molecule has 1 unspecified atom stereocenters. The molecule has 1 aliphatic carbocycles. The summed E-state index contributed by atoms with van der Waals surface area (Å²) in [5, 5.41) is 5.19. The van der Waals surface area contributed by atoms with E-state index < -0.39 is 10.0 Å². The van der Waals surface area contributed by atoms with Crippen LogP contribution >= 0.6 is 11.3 Å². The number of nitrogens with one attached hydrogen (secondary N) is 2. The van der Waals surface area contributed by atoms with Crippen molar-refractivity contribution >= 4 is 21.4 Å². The second-order valence-electron chi connectivity index (χ2n) is 5.23. The quantitative estimate of drug-likeness (QED) is 0.820. The zero-order chi connectivity index (χ0) is 14.9. The number of sulfonamides is 1. The van der Waals surface area contributed by atoms with Crippen LogP contribution in [-0.2, 0) is 16.6 Å². The Morgan fingerprint density at radius 3 is 2.86 bits per heavy atom. The average Bonchev–Trinajstić information content (AvgIpc) is 2.96. The molecule has 0 radical (unpaired) electrons. The standard InChI is InChI=1S/C14H18N2O3S2/c1-10(13-3-2-8-20-13)16-21(17,18)14-7-6-12(19-14)9-15-11-4-5-11/h2-3,6-8,10-11,15-16H,4-5,9H2,1H3. The molecular formula is C14H18N2O3S2. The lowest BCUT2D eigenvalue weighted by molar-refractivity contribution is 0.398. The first-order chi connectivity index (χ1) is 10.0. The van der Waals surface area contributed by atoms with E-state index in [1.165, 1.54) is 30.2 Å². The highest BCUT2D eigenvalue weighted by Gasteiger charge is 2.24. The minimum Gasteiger partial charge on any atom is -0.447 e. The first-order valence-corrected chi connectivity index (χ1v) is 9.29. The molecule has 2 aromatic rings. The number of rotatable bonds is 7. The van der Waals surface area contributed by atoms with Gasteiger partial charge in [-0.05, 0) is 43.3 Å². The number of thiophene rings is 1. The van der Waals surface area contributed by atoms with Gasteiger partial charge in [-0.3, -0.25) is 0 Å². The minimum atomic E-state index is -3.63. The fourth-order valence-electron chi connectivity index (χ4n) is 2.02. The van der Waals surface area contributed by atoms with E-state index in [-0.39, 0.29) is 11.1 Å². The lowest BCUT2D eigenvalue weighted by Gasteiger charge is -2.11. The van der Waals surface area contributed by atoms with Crippen LogP contribution in [-0.4, -0.2) is 14.5 Å². The van der Waals surface area contributed by atoms with E-state index >= 15 is 0 Å². The van der Waals surface area contributed by atoms with Gasteiger partial charge in [0, 0.05) is 10.9 Å². The fraction of sp³-hybridized carbons (Fsp3) is 0.429. The molecule has 0 aliphatic heterocycles. The lowest BCUT2D eigenvalue weighted by atomic mass is 10.3. The van der Waals surface area contributed by atoms with Crippen LogP contribution in [0.4, 0.5) is 0 Å². The second kappa shape index (κ2) is 5.92. The topological polar surface area (TPSA) is 71.3 Å². The molecule has 3 rings (SSSR count). The van der Waals surface area contributed by atoms with Crippen molar-refractivity contribution in [3.8, 4) is 0 Å². The Morgan fingerprint density at radius 1 is 1.38 bits per heavy atom. The van der Waals surface area contributed by atoms with E-state index in [4.69, 9.17) is 4.42 Å². The maximum Gasteiger partial charge on any atom is 0.274 e. The molecular weight excluding hydrogens is 308 g/mol. The molecule has 0 saturated heterocycles. The summed E-state index contributed by atoms with van der Waals surface area (Å²) in [7, 11) is -3.63. The normalized spacial score (nSPS) is 17.0. The summed E-state index contributed by atoms with van der Waals surface area (Å²) >= 11 is 1.52. The van der Waals surface area contributed by atoms with Crippen molar-refractivity contribution < 1.29 is 12.8 Å². The van der Waals surface area contributed by atoms with Gasteiger partial charge in [-0.15, -0.1) is 11.3 Å². The molecule has 0 amide bonds. The fourth-order valence-corrected chi connectivity index (χ4v) is 4.00. The van der Waals surface area contributed by atoms with Crippen LogP contribution in [0.3, 0.4) is 0 Å². The molecule has 5 nitrogen and oxygen atoms in total. The minimum absolute atomic E-state index is 0.0292. The van der Waals surface area contributed by atoms with Crippen LogP contribution in [0.1, 0.15) is 36.4 Å². The van der Waals surface area contributed by atoms with Gasteiger partial charge in [0.2, 0.25) is 5.09 Å². The first kappa shape index (κ1) is 14.8. The summed E-state index contributed by atoms with van der Waals surface area (Å²) in [5.74, 6) is 0.644. The van der Waals surface area contributed by atoms with Gasteiger partial charge in [0.15, 0.2) is 0 Å². The average molecular weight is 326 g/mol. The Morgan fingerprint density at radius 2 is 2.19 bits per heavy atom. The maximum atomic E-state index is 12.3. The Bertz CT molecular complexity index is 688. The SMILES string of the molecule is CC(NS(=O)(=O)c1ccc(CNC2CC2)o1)c1cccs1. The van der Waals surface area contributed by atoms with Gasteiger partial charge in [-0.2, -0.15) is 0 Å². The van der Waals surface area contributed by atoms with Crippen molar-refractivity contribution in [1.29, 1.82) is 0 Å². The molecule has 2 aromatic heterocycles. The Hall–Kier alpha value is -1.15. The molecule has 1 aliphatic rings. The highest BCUT2D eigenvalue weighted by atomic mass is 32.2. The van der Waals surface area contributed by atoms with E-state index in [0.717, 1.165) is 4.88 Å². The van der Waals surface area contributed by atoms with Crippen molar-refractivity contribution in [2.45, 2.75) is 43.5 Å². The number of furan rings is 1. The lowest BCUT2D eigenvalue weighted by Crippen LogP contribution is -2.26. The van der Waals surface area contributed by atoms with Crippen molar-refractivity contribution in [2.75, 3.05) is 0 Å². The van der Waals surface area contributed by atoms with Crippen LogP contribution in [0, 0.1) is 0 Å². The van der Waals surface area contributed by atoms with E-state index in [1.807, 2.05) is 24.4 Å². The Kier molecular flexibility index (Phi) is 4.17. The highest BCUT2D eigenvalue weighted by molar-refractivity contribution is 7.89. The van der Waals surface area contributed by atoms with Crippen LogP contribution < -0.4 is 10.0 Å². The third kappa shape index (κ3) is 3.74. The van der Waals surface area contributed by atoms with Gasteiger partial charge < -0.3 is 9.73 Å². The van der Waals surface area contributed by atoms with Crippen LogP contribution in [0.15, 0.2) is 39.2 Å². The Labute approximate surface area is 128 Å². The summed E-state index contributed by atoms with van der Waals surface area (Å²) in [5.41, 5.74) is 0. The Balaban J connectivity index is 1.66. The van der Waals surface area contributed by atoms with Gasteiger partial charge in [0.25, 0.3) is 10.0 Å². The van der Waals surface area contributed by atoms with Crippen molar-refractivity contribution in [1.82, 2.24) is 10.0 Å². The predicted molar refractivity (Wildman–Crippen MR) is 81.6 cm³/mol. The molecule has 0 aromatic carbocycles. The molecule has 2 heterocycles. The van der Waals surface area contributed by atoms with Gasteiger partial charge in [0.05, 0.1) is 12.6 Å². The molecule has 1 atom stereocenters. The summed E-state index contributed by atoms with van der Waals surface area (Å²) in [6.45, 7) is 2.39. The van der Waals surface area contributed by atoms with Gasteiger partial charge in [-0.1, -0.05) is 6.07 Å². The van der Waals surface area contributed by atoms with Gasteiger partial charge >= 0.3 is 0 Å². The van der Waals surface area contributed by atoms with Gasteiger partial charge in [-0.25, -0.2) is 13.1 Å². The summed E-state index contributed by atoms with van der Waals surface area (Å²) in [4.78, 5) is 0.973. The van der Waals surface area contributed by atoms with Crippen molar-refractivity contribution in [3.63, 3.8) is 0 Å². The molecule has 0 bridgehead atoms. The van der Waals surface area contributed by atoms with Crippen LogP contribution in [0.25, 0.3) is 0 Å². The summed E-state index contributed by atoms with van der Waals surface area (Å²) < 4.78 is 32.6. The van der Waals surface area contributed by atoms with E-state index in [1.54, 1.807) is 6.07 Å². The van der Waals surface area contributed by atoms with E-state index in [9.17, 15) is 8.42 Å². The number of hydrogen-bond donors (Lipinski definition) is 2. The van der Waals surface area contributed by atoms with Crippen molar-refractivity contribution in [3.05, 3.63) is 40.3 Å². The van der Waals surface area contributed by atoms with Crippen LogP contribution in [0.5, 0.6) is 0 Å². The second-order valence-corrected chi connectivity index (χ2v) is 7.86. The van der Waals surface area contributed by atoms with E-state index in [2.05, 4.69) is 10.0 Å². The van der Waals surface area contributed by atoms with Crippen LogP contribution in [0.2, 0.25) is 0 Å². The molecule has 2 N–H and O–H groups in total. The monoisotopic (exact) mass is 326 g/mol. The summed E-state index contributed by atoms with van der Waals surface area (Å²) in [6.07, 6.45) is 2.37. The summed E-state index contributed by atoms with van der Waals surface area (Å²) in [6, 6.07) is 7.32. The maximum absolute atomic E-state index is 12.3. The van der Waals surface area contributed by atoms with E-state index in [0.29, 0.717) is 18.3 Å². The van der Waals surface area contributed by atoms with Gasteiger partial charge in [0.1, 0.15) is 5.76 Å². The highest BCUT2D eigenvalue weighted by Crippen LogP contribution is 2.23. The third-order valence-electron chi connectivity index (χ3n) is 3.35.